The highest BCUT2D eigenvalue weighted by Crippen LogP contribution is 2.31. The van der Waals surface area contributed by atoms with Crippen LogP contribution in [0.1, 0.15) is 16.7 Å². The van der Waals surface area contributed by atoms with E-state index in [9.17, 15) is 14.9 Å². The number of carbonyl (C=O) groups excluding carboxylic acids is 1. The summed E-state index contributed by atoms with van der Waals surface area (Å²) in [4.78, 5) is 27.8. The number of para-hydroxylation sites is 1. The largest absolute Gasteiger partial charge is 0.488 e. The number of nitro benzene ring substituents is 1. The summed E-state index contributed by atoms with van der Waals surface area (Å²) in [7, 11) is 0. The monoisotopic (exact) mass is 445 g/mol. The molecule has 0 unspecified atom stereocenters. The van der Waals surface area contributed by atoms with Crippen molar-refractivity contribution in [3.8, 4) is 5.75 Å². The second-order valence-electron chi connectivity index (χ2n) is 7.07. The van der Waals surface area contributed by atoms with Gasteiger partial charge in [0.05, 0.1) is 15.5 Å². The lowest BCUT2D eigenvalue weighted by Crippen LogP contribution is -2.19. The molecule has 0 radical (unpaired) electrons. The number of aliphatic imine (C=N–C) groups is 1. The van der Waals surface area contributed by atoms with E-state index in [-0.39, 0.29) is 18.2 Å². The van der Waals surface area contributed by atoms with Crippen LogP contribution in [0.25, 0.3) is 6.08 Å². The van der Waals surface area contributed by atoms with Crippen LogP contribution in [0, 0.1) is 17.0 Å². The molecule has 1 amide bonds. The van der Waals surface area contributed by atoms with Gasteiger partial charge in [-0.1, -0.05) is 35.9 Å². The summed E-state index contributed by atoms with van der Waals surface area (Å²) in [6.07, 6.45) is 1.77. The molecular weight excluding hydrogens is 426 g/mol. The third-order valence-corrected chi connectivity index (χ3v) is 5.57. The van der Waals surface area contributed by atoms with Gasteiger partial charge in [0.15, 0.2) is 5.17 Å². The molecule has 1 saturated heterocycles. The molecule has 0 saturated carbocycles. The van der Waals surface area contributed by atoms with Crippen molar-refractivity contribution in [3.05, 3.63) is 105 Å². The fraction of sp³-hybridized carbons (Fsp3) is 0.0833. The summed E-state index contributed by atoms with van der Waals surface area (Å²) in [5.41, 5.74) is 3.50. The number of thioether (sulfide) groups is 1. The lowest BCUT2D eigenvalue weighted by molar-refractivity contribution is -0.384. The Hall–Kier alpha value is -3.91. The van der Waals surface area contributed by atoms with Gasteiger partial charge >= 0.3 is 0 Å². The Morgan fingerprint density at radius 3 is 2.50 bits per heavy atom. The fourth-order valence-electron chi connectivity index (χ4n) is 2.96. The number of hydrogen-bond donors (Lipinski definition) is 1. The van der Waals surface area contributed by atoms with Crippen LogP contribution in [0.15, 0.2) is 82.7 Å². The van der Waals surface area contributed by atoms with Gasteiger partial charge in [-0.2, -0.15) is 0 Å². The van der Waals surface area contributed by atoms with E-state index >= 15 is 0 Å². The van der Waals surface area contributed by atoms with Crippen LogP contribution in [0.2, 0.25) is 0 Å². The number of nitrogens with one attached hydrogen (secondary N) is 1. The van der Waals surface area contributed by atoms with E-state index in [1.54, 1.807) is 18.2 Å². The molecule has 0 bridgehead atoms. The molecule has 0 spiro atoms. The van der Waals surface area contributed by atoms with Crippen LogP contribution in [0.5, 0.6) is 5.75 Å². The summed E-state index contributed by atoms with van der Waals surface area (Å²) in [5, 5.41) is 14.1. The highest BCUT2D eigenvalue weighted by atomic mass is 32.2. The van der Waals surface area contributed by atoms with E-state index in [1.807, 2.05) is 55.5 Å². The minimum Gasteiger partial charge on any atom is -0.488 e. The second kappa shape index (κ2) is 9.49. The molecule has 4 rings (SSSR count). The van der Waals surface area contributed by atoms with Crippen molar-refractivity contribution in [2.45, 2.75) is 13.5 Å². The number of benzene rings is 3. The van der Waals surface area contributed by atoms with Crippen LogP contribution < -0.4 is 10.1 Å². The van der Waals surface area contributed by atoms with Gasteiger partial charge in [-0.3, -0.25) is 14.9 Å². The zero-order valence-corrected chi connectivity index (χ0v) is 18.0. The Balaban J connectivity index is 1.49. The highest BCUT2D eigenvalue weighted by Gasteiger charge is 2.24. The smallest absolute Gasteiger partial charge is 0.269 e. The fourth-order valence-corrected chi connectivity index (χ4v) is 3.80. The number of rotatable bonds is 6. The first-order chi connectivity index (χ1) is 15.5. The summed E-state index contributed by atoms with van der Waals surface area (Å²) in [6.45, 7) is 2.25. The van der Waals surface area contributed by atoms with E-state index in [2.05, 4.69) is 10.3 Å². The number of nitro groups is 1. The molecule has 160 valence electrons. The number of amides is 1. The lowest BCUT2D eigenvalue weighted by Gasteiger charge is -2.09. The van der Waals surface area contributed by atoms with Gasteiger partial charge in [-0.15, -0.1) is 0 Å². The topological polar surface area (TPSA) is 93.8 Å². The third-order valence-electron chi connectivity index (χ3n) is 4.66. The summed E-state index contributed by atoms with van der Waals surface area (Å²) < 4.78 is 5.92. The molecule has 1 aliphatic rings. The predicted octanol–water partition coefficient (Wildman–Crippen LogP) is 5.37. The van der Waals surface area contributed by atoms with Crippen LogP contribution in [0.3, 0.4) is 0 Å². The van der Waals surface area contributed by atoms with Gasteiger partial charge < -0.3 is 10.1 Å². The Morgan fingerprint density at radius 2 is 1.78 bits per heavy atom. The van der Waals surface area contributed by atoms with E-state index in [0.717, 1.165) is 22.4 Å². The first kappa shape index (κ1) is 21.3. The zero-order valence-electron chi connectivity index (χ0n) is 17.1. The van der Waals surface area contributed by atoms with Gasteiger partial charge in [-0.25, -0.2) is 4.99 Å². The summed E-state index contributed by atoms with van der Waals surface area (Å²) in [5.74, 6) is 0.390. The van der Waals surface area contributed by atoms with Gasteiger partial charge in [0.25, 0.3) is 11.6 Å². The normalized spacial score (nSPS) is 15.7. The summed E-state index contributed by atoms with van der Waals surface area (Å²) in [6, 6.07) is 21.3. The first-order valence-corrected chi connectivity index (χ1v) is 10.6. The van der Waals surface area contributed by atoms with Gasteiger partial charge in [0.1, 0.15) is 12.4 Å². The number of aryl methyl sites for hydroxylation is 1. The highest BCUT2D eigenvalue weighted by molar-refractivity contribution is 8.18. The molecule has 3 aromatic carbocycles. The molecule has 0 aromatic heterocycles. The first-order valence-electron chi connectivity index (χ1n) is 9.79. The maximum atomic E-state index is 12.4. The molecule has 8 heteroatoms. The van der Waals surface area contributed by atoms with Crippen LogP contribution in [0.4, 0.5) is 11.4 Å². The summed E-state index contributed by atoms with van der Waals surface area (Å²) >= 11 is 1.27. The zero-order chi connectivity index (χ0) is 22.5. The van der Waals surface area contributed by atoms with Crippen LogP contribution in [-0.4, -0.2) is 16.0 Å². The van der Waals surface area contributed by atoms with Gasteiger partial charge in [0, 0.05) is 17.7 Å². The number of non-ortho nitro benzene ring substituents is 1. The average Bonchev–Trinajstić information content (AvgIpc) is 3.13. The Labute approximate surface area is 189 Å². The molecule has 0 aliphatic carbocycles. The van der Waals surface area contributed by atoms with E-state index < -0.39 is 4.92 Å². The molecule has 3 aromatic rings. The standard InChI is InChI=1S/C24H19N3O4S/c1-16-6-10-19(11-7-16)25-24-26-23(28)22(32-24)14-18-4-2-3-5-21(18)31-15-17-8-12-20(13-9-17)27(29)30/h2-14H,15H2,1H3,(H,25,26,28)/b22-14-. The Morgan fingerprint density at radius 1 is 1.06 bits per heavy atom. The van der Waals surface area contributed by atoms with Crippen molar-refractivity contribution in [2.24, 2.45) is 4.99 Å². The van der Waals surface area contributed by atoms with Crippen molar-refractivity contribution in [2.75, 3.05) is 0 Å². The van der Waals surface area contributed by atoms with Gasteiger partial charge in [0.2, 0.25) is 0 Å². The van der Waals surface area contributed by atoms with Gasteiger partial charge in [-0.05, 0) is 60.7 Å². The molecular formula is C24H19N3O4S. The van der Waals surface area contributed by atoms with Crippen molar-refractivity contribution in [1.29, 1.82) is 0 Å². The maximum Gasteiger partial charge on any atom is 0.269 e. The maximum absolute atomic E-state index is 12.4. The number of carbonyl (C=O) groups is 1. The van der Waals surface area contributed by atoms with Crippen LogP contribution >= 0.6 is 11.8 Å². The molecule has 0 atom stereocenters. The Bertz CT molecular complexity index is 1220. The van der Waals surface area contributed by atoms with Crippen molar-refractivity contribution < 1.29 is 14.5 Å². The number of amidine groups is 1. The minimum atomic E-state index is -0.438. The minimum absolute atomic E-state index is 0.0336. The molecule has 7 nitrogen and oxygen atoms in total. The number of ether oxygens (including phenoxy) is 1. The Kier molecular flexibility index (Phi) is 6.32. The molecule has 1 fully saturated rings. The second-order valence-corrected chi connectivity index (χ2v) is 8.10. The lowest BCUT2D eigenvalue weighted by atomic mass is 10.1. The average molecular weight is 446 g/mol. The van der Waals surface area contributed by atoms with E-state index in [1.165, 1.54) is 23.9 Å². The SMILES string of the molecule is Cc1ccc(N=C2NC(=O)/C(=C/c3ccccc3OCc3ccc([N+](=O)[O-])cc3)S2)cc1. The molecule has 32 heavy (non-hydrogen) atoms. The van der Waals surface area contributed by atoms with E-state index in [0.29, 0.717) is 15.8 Å². The van der Waals surface area contributed by atoms with E-state index in [4.69, 9.17) is 4.74 Å². The van der Waals surface area contributed by atoms with Crippen LogP contribution in [-0.2, 0) is 11.4 Å². The van der Waals surface area contributed by atoms with Crippen molar-refractivity contribution in [3.63, 3.8) is 0 Å². The molecule has 1 N–H and O–H groups in total. The molecule has 1 heterocycles. The third kappa shape index (κ3) is 5.22. The number of hydrogen-bond acceptors (Lipinski definition) is 6. The molecule has 1 aliphatic heterocycles. The van der Waals surface area contributed by atoms with Crippen molar-refractivity contribution >= 4 is 40.3 Å². The quantitative estimate of drug-likeness (QED) is 0.313. The van der Waals surface area contributed by atoms with Crippen molar-refractivity contribution in [1.82, 2.24) is 5.32 Å². The number of nitrogens with zero attached hydrogens (tertiary/aromatic N) is 2. The predicted molar refractivity (Wildman–Crippen MR) is 126 cm³/mol.